The Kier molecular flexibility index (Phi) is 4.99. The molecule has 1 aliphatic rings. The highest BCUT2D eigenvalue weighted by molar-refractivity contribution is 4.87. The van der Waals surface area contributed by atoms with Crippen molar-refractivity contribution in [3.8, 4) is 0 Å². The minimum atomic E-state index is -0.290. The van der Waals surface area contributed by atoms with E-state index in [0.29, 0.717) is 0 Å². The fourth-order valence-corrected chi connectivity index (χ4v) is 2.31. The largest absolute Gasteiger partial charge is 0.378 e. The molecule has 0 spiro atoms. The summed E-state index contributed by atoms with van der Waals surface area (Å²) in [7, 11) is 5.03. The highest BCUT2D eigenvalue weighted by atomic mass is 16.7. The predicted octanol–water partition coefficient (Wildman–Crippen LogP) is 1.43. The van der Waals surface area contributed by atoms with Crippen LogP contribution >= 0.6 is 0 Å². The van der Waals surface area contributed by atoms with E-state index in [9.17, 15) is 0 Å². The van der Waals surface area contributed by atoms with Crippen molar-refractivity contribution >= 4 is 0 Å². The van der Waals surface area contributed by atoms with Crippen molar-refractivity contribution in [1.82, 2.24) is 0 Å². The first-order valence-corrected chi connectivity index (χ1v) is 5.43. The second-order valence-electron chi connectivity index (χ2n) is 3.95. The van der Waals surface area contributed by atoms with Crippen LogP contribution in [-0.2, 0) is 18.9 Å². The van der Waals surface area contributed by atoms with Crippen LogP contribution in [0.15, 0.2) is 0 Å². The van der Waals surface area contributed by atoms with Crippen LogP contribution in [0.25, 0.3) is 0 Å². The summed E-state index contributed by atoms with van der Waals surface area (Å²) in [5, 5.41) is 0. The molecule has 5 unspecified atom stereocenters. The molecule has 4 heteroatoms. The van der Waals surface area contributed by atoms with E-state index in [-0.39, 0.29) is 30.5 Å². The summed E-state index contributed by atoms with van der Waals surface area (Å²) in [4.78, 5) is 0. The van der Waals surface area contributed by atoms with E-state index in [2.05, 4.69) is 13.8 Å². The third kappa shape index (κ3) is 2.50. The summed E-state index contributed by atoms with van der Waals surface area (Å²) < 4.78 is 22.0. The van der Waals surface area contributed by atoms with Gasteiger partial charge in [0.2, 0.25) is 0 Å². The van der Waals surface area contributed by atoms with Gasteiger partial charge in [0.05, 0.1) is 12.2 Å². The molecule has 0 aromatic rings. The first-order valence-electron chi connectivity index (χ1n) is 5.43. The molecule has 0 N–H and O–H groups in total. The summed E-state index contributed by atoms with van der Waals surface area (Å²) in [5.41, 5.74) is 0. The van der Waals surface area contributed by atoms with Crippen molar-refractivity contribution < 1.29 is 18.9 Å². The Hall–Kier alpha value is -0.160. The Morgan fingerprint density at radius 3 is 2.00 bits per heavy atom. The molecule has 0 bridgehead atoms. The van der Waals surface area contributed by atoms with Gasteiger partial charge in [-0.1, -0.05) is 13.8 Å². The molecule has 0 aromatic carbocycles. The summed E-state index contributed by atoms with van der Waals surface area (Å²) in [6.45, 7) is 4.20. The zero-order valence-electron chi connectivity index (χ0n) is 10.2. The molecule has 4 nitrogen and oxygen atoms in total. The molecule has 0 saturated carbocycles. The molecule has 0 aliphatic carbocycles. The fourth-order valence-electron chi connectivity index (χ4n) is 2.31. The van der Waals surface area contributed by atoms with Gasteiger partial charge in [0, 0.05) is 27.2 Å². The van der Waals surface area contributed by atoms with Crippen molar-refractivity contribution in [3.63, 3.8) is 0 Å². The topological polar surface area (TPSA) is 36.9 Å². The zero-order valence-corrected chi connectivity index (χ0v) is 10.2. The van der Waals surface area contributed by atoms with Gasteiger partial charge in [-0.2, -0.15) is 0 Å². The second kappa shape index (κ2) is 5.80. The number of ether oxygens (including phenoxy) is 4. The molecular weight excluding hydrogens is 196 g/mol. The van der Waals surface area contributed by atoms with Gasteiger partial charge in [-0.15, -0.1) is 0 Å². The standard InChI is InChI=1S/C11H22O4/c1-6-8-9(12-3)7(2)10(13-4)11(14-5)15-8/h7-11H,6H2,1-5H3. The van der Waals surface area contributed by atoms with Gasteiger partial charge in [0.25, 0.3) is 0 Å². The van der Waals surface area contributed by atoms with E-state index >= 15 is 0 Å². The smallest absolute Gasteiger partial charge is 0.184 e. The Morgan fingerprint density at radius 1 is 1.00 bits per heavy atom. The van der Waals surface area contributed by atoms with Gasteiger partial charge in [0.15, 0.2) is 6.29 Å². The molecule has 1 saturated heterocycles. The molecule has 0 radical (unpaired) electrons. The van der Waals surface area contributed by atoms with Crippen molar-refractivity contribution in [2.24, 2.45) is 5.92 Å². The van der Waals surface area contributed by atoms with E-state index in [4.69, 9.17) is 18.9 Å². The predicted molar refractivity (Wildman–Crippen MR) is 56.7 cm³/mol. The Bertz CT molecular complexity index is 167. The molecule has 90 valence electrons. The number of hydrogen-bond donors (Lipinski definition) is 0. The minimum absolute atomic E-state index is 0.0669. The lowest BCUT2D eigenvalue weighted by atomic mass is 9.89. The maximum Gasteiger partial charge on any atom is 0.184 e. The molecule has 0 amide bonds. The van der Waals surface area contributed by atoms with Crippen molar-refractivity contribution in [2.45, 2.75) is 44.9 Å². The van der Waals surface area contributed by atoms with Crippen molar-refractivity contribution in [2.75, 3.05) is 21.3 Å². The number of methoxy groups -OCH3 is 3. The highest BCUT2D eigenvalue weighted by Gasteiger charge is 2.43. The maximum absolute atomic E-state index is 5.79. The van der Waals surface area contributed by atoms with Gasteiger partial charge in [-0.05, 0) is 6.42 Å². The molecular formula is C11H22O4. The lowest BCUT2D eigenvalue weighted by molar-refractivity contribution is -0.284. The van der Waals surface area contributed by atoms with Crippen LogP contribution in [0.5, 0.6) is 0 Å². The third-order valence-corrected chi connectivity index (χ3v) is 3.16. The SMILES string of the molecule is CCC1OC(OC)C(OC)C(C)C1OC. The second-order valence-corrected chi connectivity index (χ2v) is 3.95. The van der Waals surface area contributed by atoms with Crippen LogP contribution < -0.4 is 0 Å². The summed E-state index contributed by atoms with van der Waals surface area (Å²) in [6.07, 6.45) is 0.718. The lowest BCUT2D eigenvalue weighted by Crippen LogP contribution is -2.54. The van der Waals surface area contributed by atoms with Crippen molar-refractivity contribution in [3.05, 3.63) is 0 Å². The molecule has 1 rings (SSSR count). The van der Waals surface area contributed by atoms with E-state index in [1.807, 2.05) is 0 Å². The molecule has 0 aromatic heterocycles. The van der Waals surface area contributed by atoms with Gasteiger partial charge in [-0.3, -0.25) is 0 Å². The molecule has 5 atom stereocenters. The van der Waals surface area contributed by atoms with E-state index in [0.717, 1.165) is 6.42 Å². The summed E-state index contributed by atoms with van der Waals surface area (Å²) in [6, 6.07) is 0. The van der Waals surface area contributed by atoms with E-state index < -0.39 is 0 Å². The van der Waals surface area contributed by atoms with Crippen LogP contribution in [0.3, 0.4) is 0 Å². The van der Waals surface area contributed by atoms with Crippen LogP contribution in [0.4, 0.5) is 0 Å². The minimum Gasteiger partial charge on any atom is -0.378 e. The average molecular weight is 218 g/mol. The fraction of sp³-hybridized carbons (Fsp3) is 1.00. The van der Waals surface area contributed by atoms with E-state index in [1.54, 1.807) is 21.3 Å². The van der Waals surface area contributed by atoms with Crippen LogP contribution in [0, 0.1) is 5.92 Å². The lowest BCUT2D eigenvalue weighted by Gasteiger charge is -2.43. The first-order chi connectivity index (χ1) is 7.19. The maximum atomic E-state index is 5.79. The van der Waals surface area contributed by atoms with E-state index in [1.165, 1.54) is 0 Å². The van der Waals surface area contributed by atoms with Crippen LogP contribution in [0.1, 0.15) is 20.3 Å². The molecule has 1 aliphatic heterocycles. The Labute approximate surface area is 91.8 Å². The molecule has 15 heavy (non-hydrogen) atoms. The third-order valence-electron chi connectivity index (χ3n) is 3.16. The molecule has 1 fully saturated rings. The highest BCUT2D eigenvalue weighted by Crippen LogP contribution is 2.31. The summed E-state index contributed by atoms with van der Waals surface area (Å²) >= 11 is 0. The Balaban J connectivity index is 2.76. The van der Waals surface area contributed by atoms with Gasteiger partial charge in [-0.25, -0.2) is 0 Å². The van der Waals surface area contributed by atoms with Gasteiger partial charge < -0.3 is 18.9 Å². The van der Waals surface area contributed by atoms with Gasteiger partial charge >= 0.3 is 0 Å². The van der Waals surface area contributed by atoms with Crippen LogP contribution in [0.2, 0.25) is 0 Å². The quantitative estimate of drug-likeness (QED) is 0.715. The average Bonchev–Trinajstić information content (AvgIpc) is 2.27. The monoisotopic (exact) mass is 218 g/mol. The summed E-state index contributed by atoms with van der Waals surface area (Å²) in [5.74, 6) is 0.267. The first kappa shape index (κ1) is 12.9. The normalized spacial score (nSPS) is 41.8. The van der Waals surface area contributed by atoms with Crippen LogP contribution in [-0.4, -0.2) is 45.9 Å². The molecule has 1 heterocycles. The number of rotatable bonds is 4. The van der Waals surface area contributed by atoms with Gasteiger partial charge in [0.1, 0.15) is 6.10 Å². The zero-order chi connectivity index (χ0) is 11.4. The van der Waals surface area contributed by atoms with Crippen molar-refractivity contribution in [1.29, 1.82) is 0 Å². The number of hydrogen-bond acceptors (Lipinski definition) is 4. The Morgan fingerprint density at radius 2 is 1.60 bits per heavy atom.